The summed E-state index contributed by atoms with van der Waals surface area (Å²) in [6.07, 6.45) is 14.9. The Labute approximate surface area is 195 Å². The van der Waals surface area contributed by atoms with Crippen molar-refractivity contribution in [3.8, 4) is 0 Å². The molecule has 3 aliphatic rings. The molecule has 0 aromatic carbocycles. The fourth-order valence-corrected chi connectivity index (χ4v) is 4.74. The van der Waals surface area contributed by atoms with Gasteiger partial charge in [0.25, 0.3) is 0 Å². The molecule has 8 heteroatoms. The molecular weight excluding hydrogens is 424 g/mol. The Balaban J connectivity index is 1.41. The summed E-state index contributed by atoms with van der Waals surface area (Å²) in [7, 11) is 0. The van der Waals surface area contributed by atoms with Gasteiger partial charge in [0.1, 0.15) is 12.2 Å². The summed E-state index contributed by atoms with van der Waals surface area (Å²) in [5.41, 5.74) is 0. The molecule has 2 saturated carbocycles. The molecule has 182 valence electrons. The van der Waals surface area contributed by atoms with E-state index in [1.165, 1.54) is 37.1 Å². The van der Waals surface area contributed by atoms with E-state index in [4.69, 9.17) is 9.47 Å². The number of amides is 2. The molecule has 2 amide bonds. The van der Waals surface area contributed by atoms with Crippen molar-refractivity contribution in [1.82, 2.24) is 9.80 Å². The largest absolute Gasteiger partial charge is 0.459 e. The third-order valence-corrected chi connectivity index (χ3v) is 6.62. The van der Waals surface area contributed by atoms with Crippen LogP contribution in [0.15, 0.2) is 24.3 Å². The highest BCUT2D eigenvalue weighted by molar-refractivity contribution is 5.96. The lowest BCUT2D eigenvalue weighted by atomic mass is 9.98. The number of ether oxygens (including phenoxy) is 2. The maximum absolute atomic E-state index is 12.5. The molecule has 0 bridgehead atoms. The highest BCUT2D eigenvalue weighted by atomic mass is 16.5. The Morgan fingerprint density at radius 1 is 0.667 bits per heavy atom. The van der Waals surface area contributed by atoms with E-state index >= 15 is 0 Å². The Hall–Kier alpha value is -2.64. The van der Waals surface area contributed by atoms with E-state index in [1.54, 1.807) is 9.80 Å². The summed E-state index contributed by atoms with van der Waals surface area (Å²) >= 11 is 0. The Kier molecular flexibility index (Phi) is 9.51. The number of esters is 2. The average Bonchev–Trinajstić information content (AvgIpc) is 2.82. The van der Waals surface area contributed by atoms with Gasteiger partial charge in [0.05, 0.1) is 0 Å². The fraction of sp³-hybridized carbons (Fsp3) is 0.680. The molecule has 3 rings (SSSR count). The third-order valence-electron chi connectivity index (χ3n) is 6.62. The number of nitrogens with zero attached hydrogens (tertiary/aromatic N) is 2. The summed E-state index contributed by atoms with van der Waals surface area (Å²) in [4.78, 5) is 52.2. The predicted molar refractivity (Wildman–Crippen MR) is 122 cm³/mol. The van der Waals surface area contributed by atoms with Gasteiger partial charge < -0.3 is 19.3 Å². The van der Waals surface area contributed by atoms with Gasteiger partial charge in [0.2, 0.25) is 11.8 Å². The lowest BCUT2D eigenvalue weighted by Gasteiger charge is -2.39. The lowest BCUT2D eigenvalue weighted by molar-refractivity contribution is -0.145. The molecule has 0 unspecified atom stereocenters. The van der Waals surface area contributed by atoms with Gasteiger partial charge in [0, 0.05) is 50.0 Å². The van der Waals surface area contributed by atoms with E-state index in [9.17, 15) is 19.2 Å². The molecule has 2 aliphatic carbocycles. The summed E-state index contributed by atoms with van der Waals surface area (Å²) in [6.45, 7) is 2.92. The van der Waals surface area contributed by atoms with Crippen molar-refractivity contribution in [2.75, 3.05) is 19.6 Å². The highest BCUT2D eigenvalue weighted by Gasteiger charge is 2.28. The number of carbonyl (C=O) groups excluding carboxylic acids is 4. The van der Waals surface area contributed by atoms with Gasteiger partial charge in [-0.25, -0.2) is 9.59 Å². The van der Waals surface area contributed by atoms with Crippen LogP contribution < -0.4 is 0 Å². The van der Waals surface area contributed by atoms with Crippen molar-refractivity contribution < 1.29 is 28.7 Å². The first-order valence-corrected chi connectivity index (χ1v) is 12.3. The Morgan fingerprint density at radius 3 is 1.64 bits per heavy atom. The van der Waals surface area contributed by atoms with Crippen LogP contribution in [0.4, 0.5) is 0 Å². The monoisotopic (exact) mass is 460 g/mol. The van der Waals surface area contributed by atoms with Crippen LogP contribution >= 0.6 is 0 Å². The van der Waals surface area contributed by atoms with Crippen molar-refractivity contribution in [1.29, 1.82) is 0 Å². The van der Waals surface area contributed by atoms with Crippen LogP contribution in [0.25, 0.3) is 0 Å². The molecule has 1 heterocycles. The quantitative estimate of drug-likeness (QED) is 0.447. The Morgan fingerprint density at radius 2 is 1.15 bits per heavy atom. The van der Waals surface area contributed by atoms with Crippen LogP contribution in [0.2, 0.25) is 0 Å². The molecule has 1 aliphatic heterocycles. The van der Waals surface area contributed by atoms with Gasteiger partial charge in [-0.2, -0.15) is 0 Å². The zero-order valence-corrected chi connectivity index (χ0v) is 19.6. The first kappa shape index (κ1) is 25.0. The van der Waals surface area contributed by atoms with E-state index in [0.29, 0.717) is 19.6 Å². The van der Waals surface area contributed by atoms with Crippen LogP contribution in [-0.4, -0.2) is 71.4 Å². The maximum atomic E-state index is 12.5. The third kappa shape index (κ3) is 8.02. The van der Waals surface area contributed by atoms with E-state index < -0.39 is 11.9 Å². The second kappa shape index (κ2) is 12.6. The van der Waals surface area contributed by atoms with Crippen LogP contribution in [-0.2, 0) is 28.7 Å². The van der Waals surface area contributed by atoms with Crippen LogP contribution in [0.1, 0.15) is 71.1 Å². The molecule has 0 aromatic heterocycles. The topological polar surface area (TPSA) is 93.2 Å². The standard InChI is InChI=1S/C25H36N2O6/c1-19-18-26(22(28)12-14-24(30)32-20-8-4-2-5-9-20)16-17-27(19)23(29)13-15-25(31)33-21-10-6-3-7-11-21/h12-15,19-21H,2-11,16-18H2,1H3/b14-12+,15-13+/t19-/m1/s1. The normalized spacial score (nSPS) is 23.1. The predicted octanol–water partition coefficient (Wildman–Crippen LogP) is 2.91. The van der Waals surface area contributed by atoms with Gasteiger partial charge in [-0.05, 0) is 58.3 Å². The van der Waals surface area contributed by atoms with Crippen molar-refractivity contribution in [3.05, 3.63) is 24.3 Å². The first-order chi connectivity index (χ1) is 15.9. The molecule has 1 saturated heterocycles. The molecule has 0 spiro atoms. The van der Waals surface area contributed by atoms with Crippen molar-refractivity contribution >= 4 is 23.8 Å². The minimum atomic E-state index is -0.484. The van der Waals surface area contributed by atoms with E-state index in [2.05, 4.69) is 0 Å². The number of hydrogen-bond donors (Lipinski definition) is 0. The fourth-order valence-electron chi connectivity index (χ4n) is 4.74. The summed E-state index contributed by atoms with van der Waals surface area (Å²) in [6, 6.07) is -0.211. The molecule has 0 radical (unpaired) electrons. The van der Waals surface area contributed by atoms with Gasteiger partial charge in [-0.3, -0.25) is 9.59 Å². The molecule has 0 aromatic rings. The minimum absolute atomic E-state index is 0.0476. The molecular formula is C25H36N2O6. The minimum Gasteiger partial charge on any atom is -0.459 e. The van der Waals surface area contributed by atoms with Crippen LogP contribution in [0.5, 0.6) is 0 Å². The molecule has 3 fully saturated rings. The molecule has 0 N–H and O–H groups in total. The van der Waals surface area contributed by atoms with E-state index in [0.717, 1.165) is 51.4 Å². The van der Waals surface area contributed by atoms with Crippen molar-refractivity contribution in [2.45, 2.75) is 89.4 Å². The van der Waals surface area contributed by atoms with Crippen molar-refractivity contribution in [2.24, 2.45) is 0 Å². The number of rotatable bonds is 6. The van der Waals surface area contributed by atoms with Crippen LogP contribution in [0.3, 0.4) is 0 Å². The smallest absolute Gasteiger partial charge is 0.331 e. The molecule has 8 nitrogen and oxygen atoms in total. The SMILES string of the molecule is C[C@@H]1CN(C(=O)/C=C/C(=O)OC2CCCCC2)CCN1C(=O)/C=C/C(=O)OC1CCCCC1. The zero-order valence-electron chi connectivity index (χ0n) is 19.6. The zero-order chi connectivity index (χ0) is 23.6. The van der Waals surface area contributed by atoms with Gasteiger partial charge in [0.15, 0.2) is 0 Å². The second-order valence-corrected chi connectivity index (χ2v) is 9.23. The van der Waals surface area contributed by atoms with Gasteiger partial charge in [-0.15, -0.1) is 0 Å². The summed E-state index contributed by atoms with van der Waals surface area (Å²) < 4.78 is 10.8. The molecule has 33 heavy (non-hydrogen) atoms. The maximum Gasteiger partial charge on any atom is 0.331 e. The number of piperazine rings is 1. The van der Waals surface area contributed by atoms with Crippen LogP contribution in [0, 0.1) is 0 Å². The second-order valence-electron chi connectivity index (χ2n) is 9.23. The lowest BCUT2D eigenvalue weighted by Crippen LogP contribution is -2.54. The molecule has 1 atom stereocenters. The van der Waals surface area contributed by atoms with E-state index in [1.807, 2.05) is 6.92 Å². The summed E-state index contributed by atoms with van der Waals surface area (Å²) in [5, 5.41) is 0. The number of carbonyl (C=O) groups is 4. The Bertz CT molecular complexity index is 765. The average molecular weight is 461 g/mol. The first-order valence-electron chi connectivity index (χ1n) is 12.3. The van der Waals surface area contributed by atoms with Gasteiger partial charge in [-0.1, -0.05) is 12.8 Å². The summed E-state index contributed by atoms with van der Waals surface area (Å²) in [5.74, 6) is -1.52. The number of hydrogen-bond acceptors (Lipinski definition) is 6. The highest BCUT2D eigenvalue weighted by Crippen LogP contribution is 2.21. The van der Waals surface area contributed by atoms with E-state index in [-0.39, 0.29) is 30.1 Å². The van der Waals surface area contributed by atoms with Gasteiger partial charge >= 0.3 is 11.9 Å². The van der Waals surface area contributed by atoms with Crippen molar-refractivity contribution in [3.63, 3.8) is 0 Å².